The SMILES string of the molecule is CNC(Cc1ccc(I)cc1)C1CCCCS1(=O)=O. The van der Waals surface area contributed by atoms with E-state index in [1.54, 1.807) is 0 Å². The molecule has 0 amide bonds. The number of rotatable bonds is 4. The van der Waals surface area contributed by atoms with E-state index in [0.717, 1.165) is 25.7 Å². The lowest BCUT2D eigenvalue weighted by Gasteiger charge is -2.30. The Labute approximate surface area is 129 Å². The lowest BCUT2D eigenvalue weighted by atomic mass is 10.00. The summed E-state index contributed by atoms with van der Waals surface area (Å²) in [5.74, 6) is 0.350. The van der Waals surface area contributed by atoms with Crippen molar-refractivity contribution in [1.29, 1.82) is 0 Å². The number of sulfone groups is 1. The van der Waals surface area contributed by atoms with Crippen molar-refractivity contribution in [1.82, 2.24) is 5.32 Å². The van der Waals surface area contributed by atoms with Gasteiger partial charge in [-0.25, -0.2) is 8.42 Å². The van der Waals surface area contributed by atoms with E-state index >= 15 is 0 Å². The Hall–Kier alpha value is -0.140. The van der Waals surface area contributed by atoms with Crippen molar-refractivity contribution in [3.8, 4) is 0 Å². The smallest absolute Gasteiger partial charge is 0.154 e. The zero-order chi connectivity index (χ0) is 13.9. The Balaban J connectivity index is 2.13. The summed E-state index contributed by atoms with van der Waals surface area (Å²) < 4.78 is 25.6. The average Bonchev–Trinajstić information content (AvgIpc) is 2.38. The first kappa shape index (κ1) is 15.3. The fourth-order valence-corrected chi connectivity index (χ4v) is 5.25. The van der Waals surface area contributed by atoms with Crippen LogP contribution in [0.15, 0.2) is 24.3 Å². The van der Waals surface area contributed by atoms with E-state index in [2.05, 4.69) is 52.2 Å². The molecule has 1 fully saturated rings. The van der Waals surface area contributed by atoms with Gasteiger partial charge in [0.25, 0.3) is 0 Å². The molecule has 0 aliphatic carbocycles. The maximum absolute atomic E-state index is 12.2. The minimum absolute atomic E-state index is 0.0189. The molecule has 1 saturated heterocycles. The van der Waals surface area contributed by atoms with Crippen molar-refractivity contribution >= 4 is 32.4 Å². The molecule has 1 heterocycles. The number of nitrogens with one attached hydrogen (secondary N) is 1. The van der Waals surface area contributed by atoms with Gasteiger partial charge in [0, 0.05) is 9.61 Å². The molecule has 5 heteroatoms. The van der Waals surface area contributed by atoms with Gasteiger partial charge < -0.3 is 5.32 Å². The first-order valence-electron chi connectivity index (χ1n) is 6.66. The summed E-state index contributed by atoms with van der Waals surface area (Å²) >= 11 is 2.28. The van der Waals surface area contributed by atoms with Gasteiger partial charge in [-0.1, -0.05) is 18.6 Å². The predicted octanol–water partition coefficient (Wildman–Crippen LogP) is 2.39. The highest BCUT2D eigenvalue weighted by molar-refractivity contribution is 14.1. The largest absolute Gasteiger partial charge is 0.315 e. The third-order valence-corrected chi connectivity index (χ3v) is 6.88. The van der Waals surface area contributed by atoms with Gasteiger partial charge in [-0.15, -0.1) is 0 Å². The predicted molar refractivity (Wildman–Crippen MR) is 87.1 cm³/mol. The Kier molecular flexibility index (Phi) is 5.25. The van der Waals surface area contributed by atoms with Crippen LogP contribution in [0.4, 0.5) is 0 Å². The molecular formula is C14H20INO2S. The molecule has 1 N–H and O–H groups in total. The van der Waals surface area contributed by atoms with E-state index in [-0.39, 0.29) is 11.3 Å². The maximum atomic E-state index is 12.2. The minimum atomic E-state index is -2.93. The molecule has 106 valence electrons. The molecule has 0 bridgehead atoms. The van der Waals surface area contributed by atoms with Crippen molar-refractivity contribution in [2.75, 3.05) is 12.8 Å². The van der Waals surface area contributed by atoms with Crippen LogP contribution < -0.4 is 5.32 Å². The van der Waals surface area contributed by atoms with Crippen molar-refractivity contribution < 1.29 is 8.42 Å². The van der Waals surface area contributed by atoms with Crippen LogP contribution in [0.3, 0.4) is 0 Å². The molecule has 19 heavy (non-hydrogen) atoms. The first-order valence-corrected chi connectivity index (χ1v) is 9.45. The van der Waals surface area contributed by atoms with Crippen LogP contribution >= 0.6 is 22.6 Å². The van der Waals surface area contributed by atoms with Crippen LogP contribution in [0, 0.1) is 3.57 Å². The summed E-state index contributed by atoms with van der Waals surface area (Å²) in [6.07, 6.45) is 3.41. The second-order valence-corrected chi connectivity index (χ2v) is 8.71. The number of likely N-dealkylation sites (N-methyl/N-ethyl adjacent to an activating group) is 1. The summed E-state index contributed by atoms with van der Waals surface area (Å²) in [7, 11) is -1.06. The van der Waals surface area contributed by atoms with E-state index in [9.17, 15) is 8.42 Å². The van der Waals surface area contributed by atoms with Crippen LogP contribution in [0.1, 0.15) is 24.8 Å². The number of halogens is 1. The first-order chi connectivity index (χ1) is 9.03. The number of benzene rings is 1. The Morgan fingerprint density at radius 3 is 2.58 bits per heavy atom. The Morgan fingerprint density at radius 2 is 2.00 bits per heavy atom. The zero-order valence-electron chi connectivity index (χ0n) is 11.1. The van der Waals surface area contributed by atoms with Crippen LogP contribution in [0.2, 0.25) is 0 Å². The van der Waals surface area contributed by atoms with Crippen molar-refractivity contribution in [3.05, 3.63) is 33.4 Å². The number of hydrogen-bond acceptors (Lipinski definition) is 3. The van der Waals surface area contributed by atoms with Crippen molar-refractivity contribution in [2.45, 2.75) is 37.0 Å². The van der Waals surface area contributed by atoms with Crippen LogP contribution in [-0.4, -0.2) is 32.5 Å². The van der Waals surface area contributed by atoms with Gasteiger partial charge in [-0.3, -0.25) is 0 Å². The Bertz CT molecular complexity index is 513. The van der Waals surface area contributed by atoms with E-state index < -0.39 is 9.84 Å². The summed E-state index contributed by atoms with van der Waals surface area (Å²) in [6, 6.07) is 8.32. The lowest BCUT2D eigenvalue weighted by molar-refractivity contribution is 0.456. The fourth-order valence-electron chi connectivity index (χ4n) is 2.72. The highest BCUT2D eigenvalue weighted by Crippen LogP contribution is 2.24. The zero-order valence-corrected chi connectivity index (χ0v) is 14.1. The topological polar surface area (TPSA) is 46.2 Å². The highest BCUT2D eigenvalue weighted by Gasteiger charge is 2.34. The normalized spacial score (nSPS) is 24.0. The molecule has 1 aromatic rings. The Morgan fingerprint density at radius 1 is 1.32 bits per heavy atom. The standard InChI is InChI=1S/C14H20INO2S/c1-16-13(10-11-5-7-12(15)8-6-11)14-4-2-3-9-19(14,17)18/h5-8,13-14,16H,2-4,9-10H2,1H3. The third kappa shape index (κ3) is 3.92. The van der Waals surface area contributed by atoms with Gasteiger partial charge in [-0.05, 0) is 66.6 Å². The van der Waals surface area contributed by atoms with Crippen LogP contribution in [-0.2, 0) is 16.3 Å². The summed E-state index contributed by atoms with van der Waals surface area (Å²) in [6.45, 7) is 0. The van der Waals surface area contributed by atoms with Gasteiger partial charge in [0.1, 0.15) is 0 Å². The minimum Gasteiger partial charge on any atom is -0.315 e. The van der Waals surface area contributed by atoms with E-state index in [0.29, 0.717) is 5.75 Å². The van der Waals surface area contributed by atoms with Crippen molar-refractivity contribution in [2.24, 2.45) is 0 Å². The van der Waals surface area contributed by atoms with Gasteiger partial charge >= 0.3 is 0 Å². The molecule has 2 rings (SSSR count). The molecule has 2 unspecified atom stereocenters. The van der Waals surface area contributed by atoms with Gasteiger partial charge in [0.05, 0.1) is 11.0 Å². The molecule has 0 saturated carbocycles. The van der Waals surface area contributed by atoms with E-state index in [4.69, 9.17) is 0 Å². The second kappa shape index (κ2) is 6.54. The van der Waals surface area contributed by atoms with E-state index in [1.165, 1.54) is 9.13 Å². The fraction of sp³-hybridized carbons (Fsp3) is 0.571. The monoisotopic (exact) mass is 393 g/mol. The highest BCUT2D eigenvalue weighted by atomic mass is 127. The molecule has 1 aliphatic heterocycles. The van der Waals surface area contributed by atoms with Crippen LogP contribution in [0.25, 0.3) is 0 Å². The molecule has 0 radical (unpaired) electrons. The molecule has 1 aromatic carbocycles. The second-order valence-electron chi connectivity index (χ2n) is 5.13. The molecule has 3 nitrogen and oxygen atoms in total. The average molecular weight is 393 g/mol. The molecule has 1 aliphatic rings. The maximum Gasteiger partial charge on any atom is 0.154 e. The summed E-state index contributed by atoms with van der Waals surface area (Å²) in [5.41, 5.74) is 1.19. The molecular weight excluding hydrogens is 373 g/mol. The van der Waals surface area contributed by atoms with Gasteiger partial charge in [0.2, 0.25) is 0 Å². The third-order valence-electron chi connectivity index (χ3n) is 3.82. The molecule has 0 spiro atoms. The van der Waals surface area contributed by atoms with Gasteiger partial charge in [0.15, 0.2) is 9.84 Å². The van der Waals surface area contributed by atoms with E-state index in [1.807, 2.05) is 7.05 Å². The molecule has 2 atom stereocenters. The summed E-state index contributed by atoms with van der Waals surface area (Å²) in [4.78, 5) is 0. The lowest BCUT2D eigenvalue weighted by Crippen LogP contribution is -2.46. The molecule has 0 aromatic heterocycles. The van der Waals surface area contributed by atoms with Gasteiger partial charge in [-0.2, -0.15) is 0 Å². The number of hydrogen-bond donors (Lipinski definition) is 1. The quantitative estimate of drug-likeness (QED) is 0.800. The van der Waals surface area contributed by atoms with Crippen molar-refractivity contribution in [3.63, 3.8) is 0 Å². The van der Waals surface area contributed by atoms with Crippen LogP contribution in [0.5, 0.6) is 0 Å². The summed E-state index contributed by atoms with van der Waals surface area (Å²) in [5, 5.41) is 2.98.